The number of halogens is 1. The first-order valence-corrected chi connectivity index (χ1v) is 8.81. The van der Waals surface area contributed by atoms with Crippen molar-refractivity contribution in [1.82, 2.24) is 10.6 Å². The van der Waals surface area contributed by atoms with E-state index in [2.05, 4.69) is 10.6 Å². The molecule has 0 radical (unpaired) electrons. The monoisotopic (exact) mass is 397 g/mol. The molecule has 2 aromatic carbocycles. The molecule has 0 spiro atoms. The highest BCUT2D eigenvalue weighted by Crippen LogP contribution is 2.40. The van der Waals surface area contributed by atoms with Crippen molar-refractivity contribution in [3.63, 3.8) is 0 Å². The Morgan fingerprint density at radius 3 is 2.22 bits per heavy atom. The third kappa shape index (κ3) is 2.90. The molecule has 134 valence electrons. The van der Waals surface area contributed by atoms with Crippen LogP contribution in [0.5, 0.6) is 0 Å². The van der Waals surface area contributed by atoms with Gasteiger partial charge in [0.25, 0.3) is 17.7 Å². The fraction of sp³-hybridized carbons (Fsp3) is 0.0526. The van der Waals surface area contributed by atoms with E-state index in [9.17, 15) is 14.4 Å². The molecule has 3 amide bonds. The van der Waals surface area contributed by atoms with Crippen LogP contribution in [-0.2, 0) is 20.9 Å². The number of carbonyl (C=O) groups is 3. The van der Waals surface area contributed by atoms with Crippen molar-refractivity contribution in [2.45, 2.75) is 6.54 Å². The highest BCUT2D eigenvalue weighted by Gasteiger charge is 2.40. The Hall–Kier alpha value is -3.03. The van der Waals surface area contributed by atoms with Gasteiger partial charge >= 0.3 is 0 Å². The average molecular weight is 398 g/mol. The van der Waals surface area contributed by atoms with Gasteiger partial charge in [-0.15, -0.1) is 0 Å². The number of thiocarbonyl (C=S) groups is 1. The summed E-state index contributed by atoms with van der Waals surface area (Å²) in [6.45, 7) is 0.216. The van der Waals surface area contributed by atoms with Crippen LogP contribution in [0.25, 0.3) is 5.57 Å². The van der Waals surface area contributed by atoms with E-state index < -0.39 is 17.7 Å². The predicted molar refractivity (Wildman–Crippen MR) is 105 cm³/mol. The number of hydrogen-bond donors (Lipinski definition) is 2. The SMILES string of the molecule is O=C1NC(=S)NC(=O)C1=C1C(=O)N(Cc2ccccc2Cl)c2ccccc21. The van der Waals surface area contributed by atoms with Crippen molar-refractivity contribution in [2.75, 3.05) is 4.90 Å². The molecule has 6 nitrogen and oxygen atoms in total. The molecule has 27 heavy (non-hydrogen) atoms. The zero-order valence-electron chi connectivity index (χ0n) is 13.8. The lowest BCUT2D eigenvalue weighted by atomic mass is 9.99. The number of fused-ring (bicyclic) bond motifs is 1. The van der Waals surface area contributed by atoms with Crippen molar-refractivity contribution in [3.05, 3.63) is 70.3 Å². The molecular formula is C19H12ClN3O3S. The van der Waals surface area contributed by atoms with Gasteiger partial charge in [-0.25, -0.2) is 0 Å². The molecule has 2 heterocycles. The van der Waals surface area contributed by atoms with E-state index in [1.807, 2.05) is 12.1 Å². The Kier molecular flexibility index (Phi) is 4.25. The topological polar surface area (TPSA) is 78.5 Å². The molecule has 2 N–H and O–H groups in total. The molecular weight excluding hydrogens is 386 g/mol. The van der Waals surface area contributed by atoms with E-state index in [0.717, 1.165) is 5.56 Å². The van der Waals surface area contributed by atoms with Gasteiger partial charge in [0.1, 0.15) is 5.57 Å². The maximum absolute atomic E-state index is 13.2. The van der Waals surface area contributed by atoms with Crippen LogP contribution in [-0.4, -0.2) is 22.8 Å². The smallest absolute Gasteiger partial charge is 0.263 e. The Bertz CT molecular complexity index is 1040. The second kappa shape index (κ2) is 6.61. The summed E-state index contributed by atoms with van der Waals surface area (Å²) >= 11 is 11.1. The molecule has 0 saturated carbocycles. The van der Waals surface area contributed by atoms with Gasteiger partial charge in [-0.1, -0.05) is 48.0 Å². The first kappa shape index (κ1) is 17.4. The molecule has 2 aliphatic rings. The summed E-state index contributed by atoms with van der Waals surface area (Å²) in [6.07, 6.45) is 0. The highest BCUT2D eigenvalue weighted by molar-refractivity contribution is 7.80. The quantitative estimate of drug-likeness (QED) is 0.462. The summed E-state index contributed by atoms with van der Waals surface area (Å²) in [5, 5.41) is 5.19. The van der Waals surface area contributed by atoms with Gasteiger partial charge in [0.15, 0.2) is 5.11 Å². The predicted octanol–water partition coefficient (Wildman–Crippen LogP) is 2.17. The molecule has 0 aliphatic carbocycles. The lowest BCUT2D eigenvalue weighted by Gasteiger charge is -2.19. The normalized spacial score (nSPS) is 16.4. The fourth-order valence-electron chi connectivity index (χ4n) is 3.17. The minimum absolute atomic E-state index is 0.0511. The molecule has 2 aliphatic heterocycles. The van der Waals surface area contributed by atoms with Crippen LogP contribution in [0.15, 0.2) is 54.1 Å². The van der Waals surface area contributed by atoms with Crippen LogP contribution in [0, 0.1) is 0 Å². The summed E-state index contributed by atoms with van der Waals surface area (Å²) in [5.41, 5.74) is 1.69. The number of nitrogens with zero attached hydrogens (tertiary/aromatic N) is 1. The van der Waals surface area contributed by atoms with E-state index in [4.69, 9.17) is 23.8 Å². The van der Waals surface area contributed by atoms with E-state index in [0.29, 0.717) is 16.3 Å². The summed E-state index contributed by atoms with van der Waals surface area (Å²) in [7, 11) is 0. The van der Waals surface area contributed by atoms with Gasteiger partial charge in [-0.2, -0.15) is 0 Å². The molecule has 1 saturated heterocycles. The third-order valence-electron chi connectivity index (χ3n) is 4.37. The van der Waals surface area contributed by atoms with E-state index in [1.54, 1.807) is 36.4 Å². The molecule has 0 aromatic heterocycles. The van der Waals surface area contributed by atoms with Gasteiger partial charge < -0.3 is 4.90 Å². The molecule has 8 heteroatoms. The van der Waals surface area contributed by atoms with Crippen LogP contribution in [0.3, 0.4) is 0 Å². The highest BCUT2D eigenvalue weighted by atomic mass is 35.5. The molecule has 1 fully saturated rings. The maximum atomic E-state index is 13.2. The summed E-state index contributed by atoms with van der Waals surface area (Å²) in [5.74, 6) is -1.83. The summed E-state index contributed by atoms with van der Waals surface area (Å²) < 4.78 is 0. The summed E-state index contributed by atoms with van der Waals surface area (Å²) in [4.78, 5) is 39.4. The Balaban J connectivity index is 1.84. The van der Waals surface area contributed by atoms with E-state index >= 15 is 0 Å². The number of carbonyl (C=O) groups excluding carboxylic acids is 3. The molecule has 2 aromatic rings. The molecule has 0 atom stereocenters. The second-order valence-corrected chi connectivity index (χ2v) is 6.80. The molecule has 4 rings (SSSR count). The minimum Gasteiger partial charge on any atom is -0.303 e. The Morgan fingerprint density at radius 1 is 0.889 bits per heavy atom. The lowest BCUT2D eigenvalue weighted by Crippen LogP contribution is -2.52. The lowest BCUT2D eigenvalue weighted by molar-refractivity contribution is -0.124. The zero-order chi connectivity index (χ0) is 19.1. The molecule has 0 bridgehead atoms. The zero-order valence-corrected chi connectivity index (χ0v) is 15.4. The number of amides is 3. The van der Waals surface area contributed by atoms with Crippen LogP contribution < -0.4 is 15.5 Å². The number of para-hydroxylation sites is 1. The third-order valence-corrected chi connectivity index (χ3v) is 4.94. The van der Waals surface area contributed by atoms with Crippen molar-refractivity contribution in [1.29, 1.82) is 0 Å². The Labute approximate surface area is 164 Å². The standard InChI is InChI=1S/C19H12ClN3O3S/c20-12-7-3-1-5-10(12)9-23-13-8-4-2-6-11(13)14(18(23)26)15-16(24)21-19(27)22-17(15)25/h1-8H,9H2,(H2,21,22,24,25,27). The average Bonchev–Trinajstić information content (AvgIpc) is 2.89. The van der Waals surface area contributed by atoms with Crippen LogP contribution >= 0.6 is 23.8 Å². The van der Waals surface area contributed by atoms with Gasteiger partial charge in [0.05, 0.1) is 17.8 Å². The van der Waals surface area contributed by atoms with Crippen LogP contribution in [0.1, 0.15) is 11.1 Å². The van der Waals surface area contributed by atoms with Gasteiger partial charge in [-0.05, 0) is 29.9 Å². The first-order valence-electron chi connectivity index (χ1n) is 8.03. The Morgan fingerprint density at radius 2 is 1.52 bits per heavy atom. The van der Waals surface area contributed by atoms with Gasteiger partial charge in [0.2, 0.25) is 0 Å². The van der Waals surface area contributed by atoms with Crippen molar-refractivity contribution in [2.24, 2.45) is 0 Å². The van der Waals surface area contributed by atoms with Crippen LogP contribution in [0.4, 0.5) is 5.69 Å². The minimum atomic E-state index is -0.693. The van der Waals surface area contributed by atoms with Crippen molar-refractivity contribution >= 4 is 57.9 Å². The number of hydrogen-bond acceptors (Lipinski definition) is 4. The van der Waals surface area contributed by atoms with Gasteiger partial charge in [-0.3, -0.25) is 25.0 Å². The number of anilines is 1. The fourth-order valence-corrected chi connectivity index (χ4v) is 3.55. The van der Waals surface area contributed by atoms with E-state index in [-0.39, 0.29) is 22.8 Å². The molecule has 0 unspecified atom stereocenters. The number of benzene rings is 2. The first-order chi connectivity index (χ1) is 13.0. The maximum Gasteiger partial charge on any atom is 0.263 e. The van der Waals surface area contributed by atoms with Crippen molar-refractivity contribution < 1.29 is 14.4 Å². The second-order valence-electron chi connectivity index (χ2n) is 5.99. The van der Waals surface area contributed by atoms with Crippen molar-refractivity contribution in [3.8, 4) is 0 Å². The van der Waals surface area contributed by atoms with Gasteiger partial charge in [0, 0.05) is 10.6 Å². The van der Waals surface area contributed by atoms with E-state index in [1.165, 1.54) is 4.90 Å². The largest absolute Gasteiger partial charge is 0.303 e. The number of rotatable bonds is 2. The number of nitrogens with one attached hydrogen (secondary N) is 2. The summed E-state index contributed by atoms with van der Waals surface area (Å²) in [6, 6.07) is 14.2. The van der Waals surface area contributed by atoms with Crippen LogP contribution in [0.2, 0.25) is 5.02 Å².